The summed E-state index contributed by atoms with van der Waals surface area (Å²) in [6.45, 7) is 3.05. The molecular formula is C10H23NO6. The molecule has 0 rings (SSSR count). The molecular weight excluding hydrogens is 230 g/mol. The third-order valence-electron chi connectivity index (χ3n) is 0.952. The molecule has 0 aliphatic rings. The van der Waals surface area contributed by atoms with Gasteiger partial charge in [-0.3, -0.25) is 14.4 Å². The van der Waals surface area contributed by atoms with Crippen LogP contribution in [0.25, 0.3) is 0 Å². The van der Waals surface area contributed by atoms with E-state index in [4.69, 9.17) is 9.90 Å². The van der Waals surface area contributed by atoms with Gasteiger partial charge in [-0.2, -0.15) is 0 Å². The minimum atomic E-state index is -0.833. The van der Waals surface area contributed by atoms with E-state index in [0.717, 1.165) is 6.92 Å². The molecule has 7 heteroatoms. The molecule has 0 saturated heterocycles. The predicted molar refractivity (Wildman–Crippen MR) is 63.2 cm³/mol. The Labute approximate surface area is 102 Å². The SMILES string of the molecule is C.CC(=O)O.CCOC(=O)CC(=O)COC.N. The van der Waals surface area contributed by atoms with Crippen molar-refractivity contribution in [1.82, 2.24) is 6.15 Å². The van der Waals surface area contributed by atoms with Crippen LogP contribution in [0, 0.1) is 0 Å². The number of methoxy groups -OCH3 is 1. The van der Waals surface area contributed by atoms with E-state index in [1.807, 2.05) is 0 Å². The number of carbonyl (C=O) groups is 3. The van der Waals surface area contributed by atoms with Crippen LogP contribution in [0.5, 0.6) is 0 Å². The van der Waals surface area contributed by atoms with Gasteiger partial charge in [0, 0.05) is 14.0 Å². The maximum absolute atomic E-state index is 10.7. The van der Waals surface area contributed by atoms with Crippen molar-refractivity contribution in [2.45, 2.75) is 27.7 Å². The molecule has 0 saturated carbocycles. The molecule has 0 heterocycles. The molecule has 4 N–H and O–H groups in total. The van der Waals surface area contributed by atoms with Crippen LogP contribution in [0.15, 0.2) is 0 Å². The van der Waals surface area contributed by atoms with E-state index in [9.17, 15) is 9.59 Å². The summed E-state index contributed by atoms with van der Waals surface area (Å²) in [6, 6.07) is 0. The topological polar surface area (TPSA) is 125 Å². The van der Waals surface area contributed by atoms with E-state index in [0.29, 0.717) is 6.61 Å². The number of esters is 1. The Balaban J connectivity index is -0.000000123. The molecule has 7 nitrogen and oxygen atoms in total. The van der Waals surface area contributed by atoms with Gasteiger partial charge < -0.3 is 20.7 Å². The number of carbonyl (C=O) groups excluding carboxylic acids is 2. The van der Waals surface area contributed by atoms with E-state index in [1.54, 1.807) is 6.92 Å². The second kappa shape index (κ2) is 16.9. The summed E-state index contributed by atoms with van der Waals surface area (Å²) in [7, 11) is 1.41. The van der Waals surface area contributed by atoms with Crippen LogP contribution < -0.4 is 6.15 Å². The van der Waals surface area contributed by atoms with Gasteiger partial charge >= 0.3 is 5.97 Å². The monoisotopic (exact) mass is 253 g/mol. The van der Waals surface area contributed by atoms with Gasteiger partial charge in [-0.05, 0) is 6.92 Å². The Morgan fingerprint density at radius 1 is 1.24 bits per heavy atom. The van der Waals surface area contributed by atoms with Gasteiger partial charge in [0.2, 0.25) is 0 Å². The molecule has 0 aromatic carbocycles. The average molecular weight is 253 g/mol. The standard InChI is InChI=1S/C7H12O4.C2H4O2.CH4.H3N/c1-3-11-7(9)4-6(8)5-10-2;1-2(3)4;;/h3-5H2,1-2H3;1H3,(H,3,4);1H4;1H3. The predicted octanol–water partition coefficient (Wildman–Crippen LogP) is 1.04. The Bertz CT molecular complexity index is 197. The van der Waals surface area contributed by atoms with Crippen molar-refractivity contribution in [3.8, 4) is 0 Å². The van der Waals surface area contributed by atoms with Crippen molar-refractivity contribution < 1.29 is 29.0 Å². The van der Waals surface area contributed by atoms with E-state index >= 15 is 0 Å². The lowest BCUT2D eigenvalue weighted by atomic mass is 10.3. The third-order valence-corrected chi connectivity index (χ3v) is 0.952. The molecule has 17 heavy (non-hydrogen) atoms. The van der Waals surface area contributed by atoms with Crippen molar-refractivity contribution in [3.63, 3.8) is 0 Å². The molecule has 0 aliphatic heterocycles. The number of ketones is 1. The lowest BCUT2D eigenvalue weighted by Gasteiger charge is -1.99. The number of aliphatic carboxylic acids is 1. The largest absolute Gasteiger partial charge is 0.481 e. The number of rotatable bonds is 5. The van der Waals surface area contributed by atoms with Gasteiger partial charge in [0.05, 0.1) is 6.61 Å². The van der Waals surface area contributed by atoms with E-state index in [2.05, 4.69) is 9.47 Å². The highest BCUT2D eigenvalue weighted by atomic mass is 16.5. The number of ether oxygens (including phenoxy) is 2. The summed E-state index contributed by atoms with van der Waals surface area (Å²) in [5.41, 5.74) is 0. The van der Waals surface area contributed by atoms with Gasteiger partial charge in [0.1, 0.15) is 13.0 Å². The van der Waals surface area contributed by atoms with Gasteiger partial charge in [0.25, 0.3) is 5.97 Å². The summed E-state index contributed by atoms with van der Waals surface area (Å²) < 4.78 is 9.07. The second-order valence-electron chi connectivity index (χ2n) is 2.47. The van der Waals surface area contributed by atoms with Crippen LogP contribution in [0.4, 0.5) is 0 Å². The lowest BCUT2D eigenvalue weighted by Crippen LogP contribution is -2.14. The Morgan fingerprint density at radius 3 is 1.94 bits per heavy atom. The van der Waals surface area contributed by atoms with Gasteiger partial charge in [-0.25, -0.2) is 0 Å². The van der Waals surface area contributed by atoms with E-state index in [1.165, 1.54) is 7.11 Å². The highest BCUT2D eigenvalue weighted by Crippen LogP contribution is 1.88. The van der Waals surface area contributed by atoms with Crippen molar-refractivity contribution in [2.75, 3.05) is 20.3 Å². The Hall–Kier alpha value is -1.47. The molecule has 0 atom stereocenters. The lowest BCUT2D eigenvalue weighted by molar-refractivity contribution is -0.146. The first-order valence-corrected chi connectivity index (χ1v) is 4.29. The zero-order chi connectivity index (χ0) is 12.3. The normalized spacial score (nSPS) is 7.47. The molecule has 0 radical (unpaired) electrons. The fourth-order valence-corrected chi connectivity index (χ4v) is 0.585. The van der Waals surface area contributed by atoms with Crippen LogP contribution >= 0.6 is 0 Å². The molecule has 0 bridgehead atoms. The number of carboxylic acid groups (broad SMARTS) is 1. The summed E-state index contributed by atoms with van der Waals surface area (Å²) in [6.07, 6.45) is -0.193. The highest BCUT2D eigenvalue weighted by molar-refractivity contribution is 5.96. The fraction of sp³-hybridized carbons (Fsp3) is 0.700. The third kappa shape index (κ3) is 31.4. The first kappa shape index (κ1) is 24.7. The van der Waals surface area contributed by atoms with E-state index < -0.39 is 11.9 Å². The average Bonchev–Trinajstić information content (AvgIpc) is 2.03. The summed E-state index contributed by atoms with van der Waals surface area (Å²) in [5, 5.41) is 7.42. The molecule has 0 aromatic heterocycles. The minimum absolute atomic E-state index is 0. The quantitative estimate of drug-likeness (QED) is 0.554. The molecule has 0 aliphatic carbocycles. The van der Waals surface area contributed by atoms with Crippen LogP contribution in [0.1, 0.15) is 27.7 Å². The Kier molecular flexibility index (Phi) is 24.6. The van der Waals surface area contributed by atoms with Crippen LogP contribution in [0.2, 0.25) is 0 Å². The number of carboxylic acids is 1. The summed E-state index contributed by atoms with van der Waals surface area (Å²) in [4.78, 5) is 30.3. The van der Waals surface area contributed by atoms with Gasteiger partial charge in [-0.15, -0.1) is 0 Å². The molecule has 0 unspecified atom stereocenters. The number of Topliss-reactive ketones (excluding diaryl/α,β-unsaturated/α-hetero) is 1. The zero-order valence-electron chi connectivity index (χ0n) is 9.82. The molecule has 0 fully saturated rings. The van der Waals surface area contributed by atoms with Gasteiger partial charge in [0.15, 0.2) is 5.78 Å². The van der Waals surface area contributed by atoms with Crippen molar-refractivity contribution >= 4 is 17.7 Å². The van der Waals surface area contributed by atoms with E-state index in [-0.39, 0.29) is 32.4 Å². The molecule has 0 aromatic rings. The second-order valence-corrected chi connectivity index (χ2v) is 2.47. The smallest absolute Gasteiger partial charge is 0.313 e. The van der Waals surface area contributed by atoms with Crippen molar-refractivity contribution in [2.24, 2.45) is 0 Å². The molecule has 0 spiro atoms. The first-order chi connectivity index (χ1) is 6.93. The van der Waals surface area contributed by atoms with Crippen LogP contribution in [-0.4, -0.2) is 43.2 Å². The maximum Gasteiger partial charge on any atom is 0.313 e. The first-order valence-electron chi connectivity index (χ1n) is 4.29. The molecule has 0 amide bonds. The van der Waals surface area contributed by atoms with Crippen LogP contribution in [0.3, 0.4) is 0 Å². The number of hydrogen-bond donors (Lipinski definition) is 2. The minimum Gasteiger partial charge on any atom is -0.481 e. The number of hydrogen-bond acceptors (Lipinski definition) is 6. The fourth-order valence-electron chi connectivity index (χ4n) is 0.585. The highest BCUT2D eigenvalue weighted by Gasteiger charge is 2.08. The van der Waals surface area contributed by atoms with Crippen molar-refractivity contribution in [3.05, 3.63) is 0 Å². The summed E-state index contributed by atoms with van der Waals surface area (Å²) >= 11 is 0. The maximum atomic E-state index is 10.7. The zero-order valence-corrected chi connectivity index (χ0v) is 9.82. The van der Waals surface area contributed by atoms with Gasteiger partial charge in [-0.1, -0.05) is 7.43 Å². The van der Waals surface area contributed by atoms with Crippen molar-refractivity contribution in [1.29, 1.82) is 0 Å². The summed E-state index contributed by atoms with van der Waals surface area (Å²) in [5.74, 6) is -1.58. The molecule has 104 valence electrons. The van der Waals surface area contributed by atoms with Crippen LogP contribution in [-0.2, 0) is 23.9 Å². The Morgan fingerprint density at radius 2 is 1.65 bits per heavy atom.